The van der Waals surface area contributed by atoms with Crippen LogP contribution >= 0.6 is 0 Å². The second-order valence-corrected chi connectivity index (χ2v) is 6.22. The van der Waals surface area contributed by atoms with Crippen LogP contribution in [0, 0.1) is 0 Å². The van der Waals surface area contributed by atoms with Crippen molar-refractivity contribution in [1.29, 1.82) is 0 Å². The van der Waals surface area contributed by atoms with E-state index in [0.29, 0.717) is 0 Å². The van der Waals surface area contributed by atoms with Crippen molar-refractivity contribution in [2.24, 2.45) is 0 Å². The number of nitrogens with one attached hydrogen (secondary N) is 1. The molecule has 5 nitrogen and oxygen atoms in total. The van der Waals surface area contributed by atoms with Gasteiger partial charge in [0.1, 0.15) is 18.2 Å². The molecule has 0 aliphatic heterocycles. The molecule has 0 bridgehead atoms. The zero-order valence-corrected chi connectivity index (χ0v) is 12.4. The summed E-state index contributed by atoms with van der Waals surface area (Å²) in [5, 5.41) is 2.54. The maximum Gasteiger partial charge on any atom is 0.328 e. The zero-order valence-electron chi connectivity index (χ0n) is 12.4. The number of rotatable bonds is 4. The Morgan fingerprint density at radius 1 is 1.06 bits per heavy atom. The molecule has 18 heavy (non-hydrogen) atoms. The Labute approximate surface area is 109 Å². The summed E-state index contributed by atoms with van der Waals surface area (Å²) < 4.78 is 10.5. The van der Waals surface area contributed by atoms with E-state index in [-0.39, 0.29) is 18.1 Å². The van der Waals surface area contributed by atoms with Crippen LogP contribution < -0.4 is 5.32 Å². The van der Waals surface area contributed by atoms with Crippen LogP contribution in [-0.4, -0.2) is 35.7 Å². The number of hydrogen-bond acceptors (Lipinski definition) is 4. The lowest BCUT2D eigenvalue weighted by Gasteiger charge is -2.23. The summed E-state index contributed by atoms with van der Waals surface area (Å²) in [6.45, 7) is 12.4. The fourth-order valence-corrected chi connectivity index (χ4v) is 1.01. The van der Waals surface area contributed by atoms with Crippen LogP contribution in [0.25, 0.3) is 0 Å². The van der Waals surface area contributed by atoms with E-state index >= 15 is 0 Å². The molecule has 0 aromatic carbocycles. The van der Waals surface area contributed by atoms with Gasteiger partial charge >= 0.3 is 5.97 Å². The van der Waals surface area contributed by atoms with E-state index in [2.05, 4.69) is 5.32 Å². The van der Waals surface area contributed by atoms with Crippen LogP contribution in [-0.2, 0) is 19.1 Å². The van der Waals surface area contributed by atoms with Crippen molar-refractivity contribution in [1.82, 2.24) is 5.32 Å². The van der Waals surface area contributed by atoms with E-state index in [1.807, 2.05) is 20.8 Å². The third-order valence-electron chi connectivity index (χ3n) is 1.77. The topological polar surface area (TPSA) is 64.6 Å². The molecular formula is C13H25NO4. The molecule has 1 amide bonds. The van der Waals surface area contributed by atoms with Gasteiger partial charge in [-0.1, -0.05) is 0 Å². The van der Waals surface area contributed by atoms with Gasteiger partial charge in [-0.15, -0.1) is 0 Å². The monoisotopic (exact) mass is 259 g/mol. The van der Waals surface area contributed by atoms with Crippen LogP contribution in [0.2, 0.25) is 0 Å². The number of amides is 1. The summed E-state index contributed by atoms with van der Waals surface area (Å²) in [5.74, 6) is -0.783. The van der Waals surface area contributed by atoms with Crippen LogP contribution in [0.1, 0.15) is 48.5 Å². The number of esters is 1. The summed E-state index contributed by atoms with van der Waals surface area (Å²) >= 11 is 0. The highest BCUT2D eigenvalue weighted by molar-refractivity contribution is 5.84. The van der Waals surface area contributed by atoms with Crippen LogP contribution in [0.4, 0.5) is 0 Å². The minimum atomic E-state index is -0.680. The third kappa shape index (κ3) is 8.98. The molecule has 0 aliphatic rings. The van der Waals surface area contributed by atoms with Crippen LogP contribution in [0.3, 0.4) is 0 Å². The second-order valence-electron chi connectivity index (χ2n) is 6.22. The van der Waals surface area contributed by atoms with Crippen molar-refractivity contribution in [3.63, 3.8) is 0 Å². The molecule has 0 aliphatic carbocycles. The van der Waals surface area contributed by atoms with E-state index in [4.69, 9.17) is 9.47 Å². The molecule has 0 radical (unpaired) electrons. The molecule has 0 saturated carbocycles. The van der Waals surface area contributed by atoms with Gasteiger partial charge in [0, 0.05) is 0 Å². The maximum absolute atomic E-state index is 11.6. The zero-order chi connectivity index (χ0) is 14.6. The fraction of sp³-hybridized carbons (Fsp3) is 0.846. The lowest BCUT2D eigenvalue weighted by atomic mass is 10.2. The van der Waals surface area contributed by atoms with E-state index in [0.717, 1.165) is 0 Å². The first-order valence-corrected chi connectivity index (χ1v) is 6.07. The predicted molar refractivity (Wildman–Crippen MR) is 69.2 cm³/mol. The summed E-state index contributed by atoms with van der Waals surface area (Å²) in [7, 11) is 0. The van der Waals surface area contributed by atoms with Crippen molar-refractivity contribution in [3.05, 3.63) is 0 Å². The van der Waals surface area contributed by atoms with E-state index in [1.165, 1.54) is 0 Å². The molecule has 0 rings (SSSR count). The van der Waals surface area contributed by atoms with E-state index in [1.54, 1.807) is 27.7 Å². The van der Waals surface area contributed by atoms with Gasteiger partial charge in [-0.05, 0) is 48.5 Å². The van der Waals surface area contributed by atoms with Crippen molar-refractivity contribution >= 4 is 11.9 Å². The average molecular weight is 259 g/mol. The van der Waals surface area contributed by atoms with Crippen LogP contribution in [0.5, 0.6) is 0 Å². The van der Waals surface area contributed by atoms with E-state index in [9.17, 15) is 9.59 Å². The first-order valence-electron chi connectivity index (χ1n) is 6.07. The molecule has 0 fully saturated rings. The molecule has 0 aromatic heterocycles. The largest absolute Gasteiger partial charge is 0.458 e. The molecule has 106 valence electrons. The molecule has 1 N–H and O–H groups in total. The van der Waals surface area contributed by atoms with Crippen molar-refractivity contribution in [2.45, 2.75) is 65.7 Å². The first-order chi connectivity index (χ1) is 7.91. The van der Waals surface area contributed by atoms with Gasteiger partial charge in [0.25, 0.3) is 0 Å². The lowest BCUT2D eigenvalue weighted by molar-refractivity contribution is -0.158. The smallest absolute Gasteiger partial charge is 0.328 e. The molecule has 0 spiro atoms. The normalized spacial score (nSPS) is 13.9. The van der Waals surface area contributed by atoms with Gasteiger partial charge < -0.3 is 14.8 Å². The second kappa shape index (κ2) is 6.18. The maximum atomic E-state index is 11.6. The number of carbonyl (C=O) groups is 2. The number of ether oxygens (including phenoxy) is 2. The molecule has 0 unspecified atom stereocenters. The molecular weight excluding hydrogens is 234 g/mol. The van der Waals surface area contributed by atoms with Gasteiger partial charge in [0.05, 0.1) is 5.60 Å². The Morgan fingerprint density at radius 2 is 1.56 bits per heavy atom. The highest BCUT2D eigenvalue weighted by atomic mass is 16.6. The Hall–Kier alpha value is -1.10. The summed E-state index contributed by atoms with van der Waals surface area (Å²) in [5.41, 5.74) is -0.940. The highest BCUT2D eigenvalue weighted by Crippen LogP contribution is 2.08. The summed E-state index contributed by atoms with van der Waals surface area (Å²) in [6.07, 6.45) is 0. The van der Waals surface area contributed by atoms with Crippen molar-refractivity contribution in [2.75, 3.05) is 6.61 Å². The Kier molecular flexibility index (Phi) is 5.80. The fourth-order valence-electron chi connectivity index (χ4n) is 1.01. The number of carbonyl (C=O) groups excluding carboxylic acids is 2. The quantitative estimate of drug-likeness (QED) is 0.780. The number of hydrogen-bond donors (Lipinski definition) is 1. The Morgan fingerprint density at radius 3 is 1.94 bits per heavy atom. The minimum absolute atomic E-state index is 0.0728. The van der Waals surface area contributed by atoms with Crippen molar-refractivity contribution < 1.29 is 19.1 Å². The Balaban J connectivity index is 4.12. The van der Waals surface area contributed by atoms with Gasteiger partial charge in [-0.3, -0.25) is 4.79 Å². The molecule has 5 heteroatoms. The standard InChI is InChI=1S/C13H25NO4/c1-9(11(16)18-13(5,6)7)14-10(15)8-17-12(2,3)4/h9H,8H2,1-7H3,(H,14,15)/t9-/m1/s1. The van der Waals surface area contributed by atoms with Gasteiger partial charge in [0.2, 0.25) is 5.91 Å². The summed E-state index contributed by atoms with van der Waals surface area (Å²) in [6, 6.07) is -0.680. The SMILES string of the molecule is C[C@@H](NC(=O)COC(C)(C)C)C(=O)OC(C)(C)C. The van der Waals surface area contributed by atoms with Crippen molar-refractivity contribution in [3.8, 4) is 0 Å². The van der Waals surface area contributed by atoms with Gasteiger partial charge in [-0.25, -0.2) is 4.79 Å². The molecule has 0 aromatic rings. The Bertz CT molecular complexity index is 299. The van der Waals surface area contributed by atoms with Crippen LogP contribution in [0.15, 0.2) is 0 Å². The summed E-state index contributed by atoms with van der Waals surface area (Å²) in [4.78, 5) is 23.1. The first kappa shape index (κ1) is 16.9. The highest BCUT2D eigenvalue weighted by Gasteiger charge is 2.23. The third-order valence-corrected chi connectivity index (χ3v) is 1.77. The minimum Gasteiger partial charge on any atom is -0.458 e. The van der Waals surface area contributed by atoms with Gasteiger partial charge in [0.15, 0.2) is 0 Å². The predicted octanol–water partition coefficient (Wildman–Crippen LogP) is 1.65. The average Bonchev–Trinajstić information content (AvgIpc) is 2.10. The molecule has 1 atom stereocenters. The molecule has 0 heterocycles. The molecule has 0 saturated heterocycles. The lowest BCUT2D eigenvalue weighted by Crippen LogP contribution is -2.44. The van der Waals surface area contributed by atoms with Gasteiger partial charge in [-0.2, -0.15) is 0 Å². The van der Waals surface area contributed by atoms with E-state index < -0.39 is 17.6 Å².